The van der Waals surface area contributed by atoms with Crippen LogP contribution in [0, 0.1) is 0 Å². The van der Waals surface area contributed by atoms with Crippen molar-refractivity contribution in [1.29, 1.82) is 0 Å². The van der Waals surface area contributed by atoms with Gasteiger partial charge in [0.1, 0.15) is 12.4 Å². The fraction of sp³-hybridized carbons (Fsp3) is 0.571. The molecule has 1 aromatic carbocycles. The topological polar surface area (TPSA) is 30.5 Å². The van der Waals surface area contributed by atoms with Crippen LogP contribution in [0.5, 0.6) is 5.75 Å². The highest BCUT2D eigenvalue weighted by Gasteiger charge is 2.17. The largest absolute Gasteiger partial charge is 0.489 e. The third-order valence-corrected chi connectivity index (χ3v) is 4.25. The lowest BCUT2D eigenvalue weighted by molar-refractivity contribution is 0.0674. The van der Waals surface area contributed by atoms with Gasteiger partial charge in [0.05, 0.1) is 15.0 Å². The normalized spacial score (nSPS) is 18.8. The van der Waals surface area contributed by atoms with Gasteiger partial charge in [-0.2, -0.15) is 0 Å². The second-order valence-electron chi connectivity index (χ2n) is 4.61. The minimum Gasteiger partial charge on any atom is -0.489 e. The van der Waals surface area contributed by atoms with Gasteiger partial charge in [-0.05, 0) is 68.9 Å². The molecule has 1 aliphatic rings. The number of nitrogens with one attached hydrogen (secondary N) is 1. The number of benzene rings is 1. The molecule has 19 heavy (non-hydrogen) atoms. The van der Waals surface area contributed by atoms with E-state index in [1.807, 2.05) is 0 Å². The summed E-state index contributed by atoms with van der Waals surface area (Å²) in [6, 6.07) is 4.19. The molecule has 0 spiro atoms. The van der Waals surface area contributed by atoms with Gasteiger partial charge in [-0.1, -0.05) is 6.92 Å². The van der Waals surface area contributed by atoms with E-state index in [1.165, 1.54) is 5.56 Å². The van der Waals surface area contributed by atoms with E-state index < -0.39 is 0 Å². The van der Waals surface area contributed by atoms with Crippen molar-refractivity contribution in [2.24, 2.45) is 0 Å². The molecule has 5 heteroatoms. The van der Waals surface area contributed by atoms with E-state index >= 15 is 0 Å². The Labute approximate surface area is 131 Å². The van der Waals surface area contributed by atoms with Gasteiger partial charge in [0.15, 0.2) is 0 Å². The molecule has 0 amide bonds. The van der Waals surface area contributed by atoms with Crippen molar-refractivity contribution in [2.75, 3.05) is 19.8 Å². The number of halogens is 2. The summed E-state index contributed by atoms with van der Waals surface area (Å²) in [6.45, 7) is 5.40. The van der Waals surface area contributed by atoms with Crippen LogP contribution in [0.15, 0.2) is 21.1 Å². The van der Waals surface area contributed by atoms with Crippen molar-refractivity contribution in [3.05, 3.63) is 26.6 Å². The zero-order valence-corrected chi connectivity index (χ0v) is 14.2. The molecule has 2 rings (SSSR count). The second kappa shape index (κ2) is 7.62. The SMILES string of the molecule is CCNCc1cc(Br)c(OCC2CCCO2)c(Br)c1. The Bertz CT molecular complexity index is 397. The number of hydrogen-bond acceptors (Lipinski definition) is 3. The van der Waals surface area contributed by atoms with Crippen LogP contribution >= 0.6 is 31.9 Å². The first kappa shape index (κ1) is 15.3. The molecule has 0 aromatic heterocycles. The third kappa shape index (κ3) is 4.45. The van der Waals surface area contributed by atoms with Crippen LogP contribution in [0.4, 0.5) is 0 Å². The molecule has 106 valence electrons. The van der Waals surface area contributed by atoms with Gasteiger partial charge in [0.25, 0.3) is 0 Å². The molecule has 1 N–H and O–H groups in total. The van der Waals surface area contributed by atoms with E-state index in [-0.39, 0.29) is 6.10 Å². The van der Waals surface area contributed by atoms with Crippen LogP contribution in [0.3, 0.4) is 0 Å². The smallest absolute Gasteiger partial charge is 0.147 e. The lowest BCUT2D eigenvalue weighted by Gasteiger charge is -2.15. The first-order valence-corrected chi connectivity index (χ1v) is 8.22. The zero-order valence-electron chi connectivity index (χ0n) is 11.0. The number of hydrogen-bond donors (Lipinski definition) is 1. The summed E-state index contributed by atoms with van der Waals surface area (Å²) < 4.78 is 13.4. The van der Waals surface area contributed by atoms with Crippen LogP contribution in [-0.2, 0) is 11.3 Å². The van der Waals surface area contributed by atoms with Crippen LogP contribution < -0.4 is 10.1 Å². The van der Waals surface area contributed by atoms with Gasteiger partial charge >= 0.3 is 0 Å². The van der Waals surface area contributed by atoms with Crippen molar-refractivity contribution >= 4 is 31.9 Å². The Hall–Kier alpha value is -0.100. The van der Waals surface area contributed by atoms with Gasteiger partial charge in [-0.15, -0.1) is 0 Å². The molecule has 3 nitrogen and oxygen atoms in total. The molecule has 1 atom stereocenters. The average molecular weight is 393 g/mol. The molecule has 1 fully saturated rings. The van der Waals surface area contributed by atoms with Gasteiger partial charge < -0.3 is 14.8 Å². The maximum atomic E-state index is 5.87. The Kier molecular flexibility index (Phi) is 6.13. The number of ether oxygens (including phenoxy) is 2. The standard InChI is InChI=1S/C14H19Br2NO2/c1-2-17-8-10-6-12(15)14(13(16)7-10)19-9-11-4-3-5-18-11/h6-7,11,17H,2-5,8-9H2,1H3. The zero-order chi connectivity index (χ0) is 13.7. The molecule has 1 aromatic rings. The molecule has 1 unspecified atom stereocenters. The first-order chi connectivity index (χ1) is 9.20. The minimum absolute atomic E-state index is 0.236. The lowest BCUT2D eigenvalue weighted by Crippen LogP contribution is -2.17. The van der Waals surface area contributed by atoms with Crippen molar-refractivity contribution < 1.29 is 9.47 Å². The van der Waals surface area contributed by atoms with Gasteiger partial charge in [0, 0.05) is 13.2 Å². The summed E-state index contributed by atoms with van der Waals surface area (Å²) >= 11 is 7.15. The molecule has 0 bridgehead atoms. The molecule has 1 saturated heterocycles. The summed E-state index contributed by atoms with van der Waals surface area (Å²) in [6.07, 6.45) is 2.46. The maximum Gasteiger partial charge on any atom is 0.147 e. The van der Waals surface area contributed by atoms with Crippen molar-refractivity contribution in [3.8, 4) is 5.75 Å². The lowest BCUT2D eigenvalue weighted by atomic mass is 10.2. The Morgan fingerprint density at radius 1 is 1.37 bits per heavy atom. The maximum absolute atomic E-state index is 5.87. The Morgan fingerprint density at radius 2 is 2.11 bits per heavy atom. The van der Waals surface area contributed by atoms with Gasteiger partial charge in [-0.3, -0.25) is 0 Å². The highest BCUT2D eigenvalue weighted by atomic mass is 79.9. The van der Waals surface area contributed by atoms with E-state index in [4.69, 9.17) is 9.47 Å². The second-order valence-corrected chi connectivity index (χ2v) is 6.32. The van der Waals surface area contributed by atoms with E-state index in [0.717, 1.165) is 47.2 Å². The highest BCUT2D eigenvalue weighted by Crippen LogP contribution is 2.35. The predicted octanol–water partition coefficient (Wildman–Crippen LogP) is 3.88. The molecular weight excluding hydrogens is 374 g/mol. The van der Waals surface area contributed by atoms with Crippen LogP contribution in [0.25, 0.3) is 0 Å². The van der Waals surface area contributed by atoms with Crippen molar-refractivity contribution in [3.63, 3.8) is 0 Å². The summed E-state index contributed by atoms with van der Waals surface area (Å²) in [7, 11) is 0. The van der Waals surface area contributed by atoms with Crippen LogP contribution in [0.1, 0.15) is 25.3 Å². The highest BCUT2D eigenvalue weighted by molar-refractivity contribution is 9.11. The molecule has 0 saturated carbocycles. The van der Waals surface area contributed by atoms with E-state index in [9.17, 15) is 0 Å². The molecule has 0 radical (unpaired) electrons. The summed E-state index contributed by atoms with van der Waals surface area (Å²) in [4.78, 5) is 0. The molecule has 0 aliphatic carbocycles. The monoisotopic (exact) mass is 391 g/mol. The van der Waals surface area contributed by atoms with E-state index in [0.29, 0.717) is 6.61 Å². The van der Waals surface area contributed by atoms with Gasteiger partial charge in [-0.25, -0.2) is 0 Å². The van der Waals surface area contributed by atoms with Crippen LogP contribution in [-0.4, -0.2) is 25.9 Å². The molecule has 1 heterocycles. The van der Waals surface area contributed by atoms with Crippen molar-refractivity contribution in [1.82, 2.24) is 5.32 Å². The Morgan fingerprint density at radius 3 is 2.68 bits per heavy atom. The number of rotatable bonds is 6. The van der Waals surface area contributed by atoms with E-state index in [1.54, 1.807) is 0 Å². The molecule has 1 aliphatic heterocycles. The van der Waals surface area contributed by atoms with Crippen LogP contribution in [0.2, 0.25) is 0 Å². The van der Waals surface area contributed by atoms with Gasteiger partial charge in [0.2, 0.25) is 0 Å². The van der Waals surface area contributed by atoms with E-state index in [2.05, 4.69) is 56.2 Å². The Balaban J connectivity index is 1.99. The average Bonchev–Trinajstić information content (AvgIpc) is 2.88. The molecular formula is C14H19Br2NO2. The van der Waals surface area contributed by atoms with Crippen molar-refractivity contribution in [2.45, 2.75) is 32.4 Å². The minimum atomic E-state index is 0.236. The first-order valence-electron chi connectivity index (χ1n) is 6.63. The quantitative estimate of drug-likeness (QED) is 0.796. The fourth-order valence-corrected chi connectivity index (χ4v) is 3.58. The summed E-state index contributed by atoms with van der Waals surface area (Å²) in [5.74, 6) is 0.857. The third-order valence-electron chi connectivity index (χ3n) is 3.07. The predicted molar refractivity (Wildman–Crippen MR) is 83.7 cm³/mol. The summed E-state index contributed by atoms with van der Waals surface area (Å²) in [5, 5.41) is 3.31. The summed E-state index contributed by atoms with van der Waals surface area (Å²) in [5.41, 5.74) is 1.23. The fourth-order valence-electron chi connectivity index (χ4n) is 2.07.